The van der Waals surface area contributed by atoms with Gasteiger partial charge in [0.05, 0.1) is 12.8 Å². The molecule has 134 valence electrons. The minimum absolute atomic E-state index is 0.145. The summed E-state index contributed by atoms with van der Waals surface area (Å²) in [5.74, 6) is 0.434. The lowest BCUT2D eigenvalue weighted by Crippen LogP contribution is -2.22. The first-order valence-corrected chi connectivity index (χ1v) is 9.45. The third-order valence-electron chi connectivity index (χ3n) is 3.78. The fourth-order valence-electron chi connectivity index (χ4n) is 2.36. The first-order valence-electron chi connectivity index (χ1n) is 8.64. The number of unbranched alkanes of at least 4 members (excludes halogenated alkanes) is 1. The average molecular weight is 367 g/mol. The SMILES string of the molecule is CCCCOc1ncccc1CNC(=O)c1cnc(-c2ccccc2)s1. The van der Waals surface area contributed by atoms with Gasteiger partial charge in [-0.05, 0) is 12.5 Å². The van der Waals surface area contributed by atoms with Crippen LogP contribution in [0.15, 0.2) is 54.9 Å². The number of carbonyl (C=O) groups is 1. The van der Waals surface area contributed by atoms with Gasteiger partial charge in [-0.15, -0.1) is 11.3 Å². The fourth-order valence-corrected chi connectivity index (χ4v) is 3.20. The Bertz CT molecular complexity index is 849. The molecule has 0 aliphatic rings. The lowest BCUT2D eigenvalue weighted by atomic mass is 10.2. The number of hydrogen-bond donors (Lipinski definition) is 1. The number of hydrogen-bond acceptors (Lipinski definition) is 5. The number of benzene rings is 1. The van der Waals surface area contributed by atoms with E-state index >= 15 is 0 Å². The Hall–Kier alpha value is -2.73. The van der Waals surface area contributed by atoms with Crippen molar-refractivity contribution in [3.05, 3.63) is 65.3 Å². The number of nitrogens with zero attached hydrogens (tertiary/aromatic N) is 2. The zero-order chi connectivity index (χ0) is 18.2. The van der Waals surface area contributed by atoms with Gasteiger partial charge < -0.3 is 10.1 Å². The lowest BCUT2D eigenvalue weighted by Gasteiger charge is -2.10. The number of thiazole rings is 1. The molecular formula is C20H21N3O2S. The third kappa shape index (κ3) is 4.67. The van der Waals surface area contributed by atoms with Crippen LogP contribution in [0.1, 0.15) is 35.0 Å². The van der Waals surface area contributed by atoms with Crippen LogP contribution in [0.3, 0.4) is 0 Å². The van der Waals surface area contributed by atoms with Gasteiger partial charge in [-0.25, -0.2) is 9.97 Å². The Morgan fingerprint density at radius 1 is 1.15 bits per heavy atom. The molecule has 1 N–H and O–H groups in total. The molecule has 0 unspecified atom stereocenters. The van der Waals surface area contributed by atoms with E-state index in [9.17, 15) is 4.79 Å². The second-order valence-corrected chi connectivity index (χ2v) is 6.78. The summed E-state index contributed by atoms with van der Waals surface area (Å²) in [6.07, 6.45) is 5.35. The fraction of sp³-hybridized carbons (Fsp3) is 0.250. The summed E-state index contributed by atoms with van der Waals surface area (Å²) in [6.45, 7) is 3.11. The molecule has 2 aromatic heterocycles. The van der Waals surface area contributed by atoms with Crippen LogP contribution in [0.2, 0.25) is 0 Å². The van der Waals surface area contributed by atoms with E-state index in [1.165, 1.54) is 11.3 Å². The minimum atomic E-state index is -0.145. The minimum Gasteiger partial charge on any atom is -0.477 e. The number of carbonyl (C=O) groups excluding carboxylic acids is 1. The molecule has 2 heterocycles. The first-order chi connectivity index (χ1) is 12.8. The summed E-state index contributed by atoms with van der Waals surface area (Å²) < 4.78 is 5.71. The van der Waals surface area contributed by atoms with Crippen molar-refractivity contribution in [2.45, 2.75) is 26.3 Å². The Morgan fingerprint density at radius 3 is 2.81 bits per heavy atom. The number of aromatic nitrogens is 2. The normalized spacial score (nSPS) is 10.5. The highest BCUT2D eigenvalue weighted by Crippen LogP contribution is 2.25. The van der Waals surface area contributed by atoms with Crippen molar-refractivity contribution in [1.29, 1.82) is 0 Å². The van der Waals surface area contributed by atoms with Crippen LogP contribution in [-0.2, 0) is 6.54 Å². The monoisotopic (exact) mass is 367 g/mol. The molecule has 0 aliphatic carbocycles. The zero-order valence-electron chi connectivity index (χ0n) is 14.6. The molecule has 3 rings (SSSR count). The van der Waals surface area contributed by atoms with E-state index in [1.807, 2.05) is 42.5 Å². The first kappa shape index (κ1) is 18.1. The molecule has 26 heavy (non-hydrogen) atoms. The number of rotatable bonds is 8. The molecule has 0 spiro atoms. The van der Waals surface area contributed by atoms with Crippen molar-refractivity contribution < 1.29 is 9.53 Å². The maximum absolute atomic E-state index is 12.4. The van der Waals surface area contributed by atoms with E-state index in [-0.39, 0.29) is 5.91 Å². The Labute approximate surface area is 157 Å². The quantitative estimate of drug-likeness (QED) is 0.603. The van der Waals surface area contributed by atoms with E-state index in [4.69, 9.17) is 4.74 Å². The highest BCUT2D eigenvalue weighted by atomic mass is 32.1. The summed E-state index contributed by atoms with van der Waals surface area (Å²) >= 11 is 1.38. The molecule has 0 fully saturated rings. The highest BCUT2D eigenvalue weighted by Gasteiger charge is 2.13. The number of amides is 1. The highest BCUT2D eigenvalue weighted by molar-refractivity contribution is 7.16. The topological polar surface area (TPSA) is 64.1 Å². The molecule has 3 aromatic rings. The second-order valence-electron chi connectivity index (χ2n) is 5.75. The largest absolute Gasteiger partial charge is 0.477 e. The van der Waals surface area contributed by atoms with Gasteiger partial charge in [0, 0.05) is 23.9 Å². The van der Waals surface area contributed by atoms with E-state index in [0.29, 0.717) is 23.9 Å². The second kappa shape index (κ2) is 9.10. The van der Waals surface area contributed by atoms with Crippen LogP contribution >= 0.6 is 11.3 Å². The van der Waals surface area contributed by atoms with Crippen LogP contribution in [0.25, 0.3) is 10.6 Å². The molecular weight excluding hydrogens is 346 g/mol. The molecule has 0 atom stereocenters. The molecule has 1 aromatic carbocycles. The Kier molecular flexibility index (Phi) is 6.33. The van der Waals surface area contributed by atoms with Crippen molar-refractivity contribution in [3.63, 3.8) is 0 Å². The van der Waals surface area contributed by atoms with Gasteiger partial charge in [0.2, 0.25) is 5.88 Å². The van der Waals surface area contributed by atoms with Crippen LogP contribution in [-0.4, -0.2) is 22.5 Å². The summed E-state index contributed by atoms with van der Waals surface area (Å²) in [5.41, 5.74) is 1.88. The smallest absolute Gasteiger partial charge is 0.263 e. The maximum Gasteiger partial charge on any atom is 0.263 e. The summed E-state index contributed by atoms with van der Waals surface area (Å²) in [6, 6.07) is 13.6. The standard InChI is InChI=1S/C20H21N3O2S/c1-2-3-12-25-19-16(10-7-11-21-19)13-22-18(24)17-14-23-20(26-17)15-8-5-4-6-9-15/h4-11,14H,2-3,12-13H2,1H3,(H,22,24). The Balaban J connectivity index is 1.62. The molecule has 0 saturated carbocycles. The van der Waals surface area contributed by atoms with E-state index in [2.05, 4.69) is 22.2 Å². The van der Waals surface area contributed by atoms with Crippen LogP contribution in [0.4, 0.5) is 0 Å². The van der Waals surface area contributed by atoms with E-state index < -0.39 is 0 Å². The van der Waals surface area contributed by atoms with Gasteiger partial charge in [-0.1, -0.05) is 49.7 Å². The Morgan fingerprint density at radius 2 is 2.00 bits per heavy atom. The van der Waals surface area contributed by atoms with Crippen molar-refractivity contribution in [2.24, 2.45) is 0 Å². The van der Waals surface area contributed by atoms with Crippen LogP contribution in [0.5, 0.6) is 5.88 Å². The van der Waals surface area contributed by atoms with Gasteiger partial charge in [-0.3, -0.25) is 4.79 Å². The molecule has 0 bridgehead atoms. The van der Waals surface area contributed by atoms with Gasteiger partial charge >= 0.3 is 0 Å². The van der Waals surface area contributed by atoms with E-state index in [0.717, 1.165) is 29.0 Å². The molecule has 0 radical (unpaired) electrons. The predicted octanol–water partition coefficient (Wildman–Crippen LogP) is 4.31. The molecule has 6 heteroatoms. The number of nitrogens with one attached hydrogen (secondary N) is 1. The van der Waals surface area contributed by atoms with Gasteiger partial charge in [0.15, 0.2) is 0 Å². The molecule has 1 amide bonds. The molecule has 0 aliphatic heterocycles. The number of pyridine rings is 1. The predicted molar refractivity (Wildman–Crippen MR) is 103 cm³/mol. The van der Waals surface area contributed by atoms with Crippen molar-refractivity contribution >= 4 is 17.2 Å². The summed E-state index contributed by atoms with van der Waals surface area (Å²) in [7, 11) is 0. The van der Waals surface area contributed by atoms with Crippen molar-refractivity contribution in [3.8, 4) is 16.5 Å². The van der Waals surface area contributed by atoms with Crippen molar-refractivity contribution in [1.82, 2.24) is 15.3 Å². The summed E-state index contributed by atoms with van der Waals surface area (Å²) in [4.78, 5) is 21.6. The van der Waals surface area contributed by atoms with Gasteiger partial charge in [0.25, 0.3) is 5.91 Å². The number of ether oxygens (including phenoxy) is 1. The third-order valence-corrected chi connectivity index (χ3v) is 4.82. The van der Waals surface area contributed by atoms with E-state index in [1.54, 1.807) is 12.4 Å². The van der Waals surface area contributed by atoms with Crippen LogP contribution < -0.4 is 10.1 Å². The summed E-state index contributed by atoms with van der Waals surface area (Å²) in [5, 5.41) is 3.76. The van der Waals surface area contributed by atoms with Crippen LogP contribution in [0, 0.1) is 0 Å². The lowest BCUT2D eigenvalue weighted by molar-refractivity contribution is 0.0954. The van der Waals surface area contributed by atoms with Crippen molar-refractivity contribution in [2.75, 3.05) is 6.61 Å². The average Bonchev–Trinajstić information content (AvgIpc) is 3.18. The van der Waals surface area contributed by atoms with Gasteiger partial charge in [0.1, 0.15) is 9.88 Å². The molecule has 0 saturated heterocycles. The zero-order valence-corrected chi connectivity index (χ0v) is 15.5. The van der Waals surface area contributed by atoms with Gasteiger partial charge in [-0.2, -0.15) is 0 Å². The molecule has 5 nitrogen and oxygen atoms in total. The maximum atomic E-state index is 12.4.